The molecule has 1 atom stereocenters. The maximum absolute atomic E-state index is 13.8. The number of carbonyl (C=O) groups excluding carboxylic acids is 3. The lowest BCUT2D eigenvalue weighted by atomic mass is 9.87. The van der Waals surface area contributed by atoms with Gasteiger partial charge in [-0.1, -0.05) is 20.3 Å². The van der Waals surface area contributed by atoms with Crippen LogP contribution in [0, 0.1) is 5.92 Å². The van der Waals surface area contributed by atoms with Crippen molar-refractivity contribution in [3.8, 4) is 5.75 Å². The Balaban J connectivity index is 1.14. The number of aryl methyl sites for hydroxylation is 1. The maximum atomic E-state index is 13.8. The molecule has 0 saturated carbocycles. The van der Waals surface area contributed by atoms with Gasteiger partial charge in [-0.15, -0.1) is 0 Å². The Kier molecular flexibility index (Phi) is 7.00. The molecule has 0 bridgehead atoms. The van der Waals surface area contributed by atoms with Gasteiger partial charge < -0.3 is 24.2 Å². The number of likely N-dealkylation sites (tertiary alicyclic amines) is 2. The summed E-state index contributed by atoms with van der Waals surface area (Å²) in [7, 11) is 0. The van der Waals surface area contributed by atoms with E-state index in [-0.39, 0.29) is 30.5 Å². The van der Waals surface area contributed by atoms with Crippen LogP contribution in [0.15, 0.2) is 35.4 Å². The number of allylic oxidation sites excluding steroid dienone is 1. The predicted molar refractivity (Wildman–Crippen MR) is 158 cm³/mol. The largest absolute Gasteiger partial charge is 0.461 e. The molecule has 5 aliphatic rings. The number of cyclic esters (lactones) is 1. The number of carbonyl (C=O) groups is 3. The molecule has 42 heavy (non-hydrogen) atoms. The van der Waals surface area contributed by atoms with E-state index in [1.165, 1.54) is 32.4 Å². The van der Waals surface area contributed by atoms with E-state index in [0.29, 0.717) is 55.5 Å². The standard InChI is InChI=1S/C33H38N4O5/c1-3-23-26-16-22(42-33(40)36-14-10-21(11-15-36)35-12-6-5-7-13-35)8-9-27(26)34-30-28-17-25-20(18-37(28)31(38)29(23)30)19-41-32(39)24(25)4-2/h8-9,16-17,21,24H,3-7,10-15,18-19H2,1-2H3. The molecule has 1 aromatic carbocycles. The molecule has 2 amide bonds. The molecule has 0 aliphatic carbocycles. The third-order valence-electron chi connectivity index (χ3n) is 9.75. The topological polar surface area (TPSA) is 92.3 Å². The van der Waals surface area contributed by atoms with Gasteiger partial charge >= 0.3 is 12.1 Å². The average Bonchev–Trinajstić information content (AvgIpc) is 3.29. The van der Waals surface area contributed by atoms with Crippen molar-refractivity contribution in [3.63, 3.8) is 0 Å². The number of fused-ring (bicyclic) bond motifs is 4. The molecule has 0 spiro atoms. The fourth-order valence-corrected chi connectivity index (χ4v) is 7.47. The van der Waals surface area contributed by atoms with E-state index in [2.05, 4.69) is 4.90 Å². The van der Waals surface area contributed by atoms with E-state index in [1.54, 1.807) is 11.0 Å². The van der Waals surface area contributed by atoms with Crippen LogP contribution in [-0.4, -0.2) is 83.0 Å². The number of pyridine rings is 1. The van der Waals surface area contributed by atoms with Gasteiger partial charge in [0.25, 0.3) is 5.91 Å². The van der Waals surface area contributed by atoms with Gasteiger partial charge in [-0.2, -0.15) is 0 Å². The molecule has 0 radical (unpaired) electrons. The Morgan fingerprint density at radius 2 is 1.86 bits per heavy atom. The Morgan fingerprint density at radius 3 is 2.60 bits per heavy atom. The zero-order valence-electron chi connectivity index (χ0n) is 24.5. The molecule has 6 heterocycles. The lowest BCUT2D eigenvalue weighted by Crippen LogP contribution is -2.48. The Labute approximate surface area is 246 Å². The van der Waals surface area contributed by atoms with Gasteiger partial charge in [0.15, 0.2) is 0 Å². The maximum Gasteiger partial charge on any atom is 0.415 e. The summed E-state index contributed by atoms with van der Waals surface area (Å²) in [4.78, 5) is 50.4. The summed E-state index contributed by atoms with van der Waals surface area (Å²) in [6.07, 6.45) is 8.76. The van der Waals surface area contributed by atoms with Gasteiger partial charge in [0.2, 0.25) is 0 Å². The number of amides is 2. The first-order valence-electron chi connectivity index (χ1n) is 15.6. The number of ether oxygens (including phenoxy) is 2. The van der Waals surface area contributed by atoms with Crippen molar-refractivity contribution < 1.29 is 23.9 Å². The van der Waals surface area contributed by atoms with Gasteiger partial charge in [0.05, 0.1) is 29.2 Å². The van der Waals surface area contributed by atoms with Crippen LogP contribution in [0.2, 0.25) is 0 Å². The Hall–Kier alpha value is -3.72. The third-order valence-corrected chi connectivity index (χ3v) is 9.75. The highest BCUT2D eigenvalue weighted by Crippen LogP contribution is 2.43. The number of nitrogens with zero attached hydrogens (tertiary/aromatic N) is 4. The molecule has 9 heteroatoms. The Bertz CT molecular complexity index is 1530. The minimum absolute atomic E-state index is 0.0852. The highest BCUT2D eigenvalue weighted by molar-refractivity contribution is 6.13. The molecule has 7 rings (SSSR count). The molecule has 1 unspecified atom stereocenters. The van der Waals surface area contributed by atoms with Crippen LogP contribution < -0.4 is 4.74 Å². The number of esters is 1. The highest BCUT2D eigenvalue weighted by Gasteiger charge is 2.42. The number of rotatable bonds is 4. The minimum atomic E-state index is -0.323. The second-order valence-corrected chi connectivity index (χ2v) is 12.1. The summed E-state index contributed by atoms with van der Waals surface area (Å²) < 4.78 is 11.3. The van der Waals surface area contributed by atoms with Gasteiger partial charge in [-0.25, -0.2) is 9.78 Å². The van der Waals surface area contributed by atoms with Crippen LogP contribution in [0.3, 0.4) is 0 Å². The smallest absolute Gasteiger partial charge is 0.415 e. The van der Waals surface area contributed by atoms with Crippen molar-refractivity contribution in [2.45, 2.75) is 64.8 Å². The monoisotopic (exact) mass is 570 g/mol. The normalized spacial score (nSPS) is 23.0. The van der Waals surface area contributed by atoms with Crippen molar-refractivity contribution in [3.05, 3.63) is 52.2 Å². The van der Waals surface area contributed by atoms with Crippen LogP contribution in [0.4, 0.5) is 4.79 Å². The fraction of sp³-hybridized carbons (Fsp3) is 0.515. The first kappa shape index (κ1) is 27.1. The zero-order chi connectivity index (χ0) is 29.0. The number of piperidine rings is 2. The van der Waals surface area contributed by atoms with Crippen molar-refractivity contribution >= 4 is 34.6 Å². The van der Waals surface area contributed by atoms with Crippen LogP contribution in [0.25, 0.3) is 16.6 Å². The summed E-state index contributed by atoms with van der Waals surface area (Å²) in [6.45, 7) is 8.38. The summed E-state index contributed by atoms with van der Waals surface area (Å²) >= 11 is 0. The van der Waals surface area contributed by atoms with Crippen molar-refractivity contribution in [2.75, 3.05) is 39.3 Å². The van der Waals surface area contributed by atoms with Gasteiger partial charge in [0.1, 0.15) is 18.1 Å². The zero-order valence-corrected chi connectivity index (χ0v) is 24.5. The minimum Gasteiger partial charge on any atom is -0.461 e. The average molecular weight is 571 g/mol. The second kappa shape index (κ2) is 10.8. The van der Waals surface area contributed by atoms with Crippen LogP contribution >= 0.6 is 0 Å². The van der Waals surface area contributed by atoms with Crippen LogP contribution in [0.1, 0.15) is 74.0 Å². The summed E-state index contributed by atoms with van der Waals surface area (Å²) in [5.74, 6) is -0.150. The molecule has 0 N–H and O–H groups in total. The van der Waals surface area contributed by atoms with Crippen molar-refractivity contribution in [1.82, 2.24) is 19.7 Å². The summed E-state index contributed by atoms with van der Waals surface area (Å²) in [5.41, 5.74) is 5.59. The van der Waals surface area contributed by atoms with E-state index < -0.39 is 0 Å². The van der Waals surface area contributed by atoms with Gasteiger partial charge in [-0.05, 0) is 92.6 Å². The molecule has 9 nitrogen and oxygen atoms in total. The van der Waals surface area contributed by atoms with Gasteiger partial charge in [0, 0.05) is 24.5 Å². The molecule has 220 valence electrons. The molecular formula is C33H38N4O5. The van der Waals surface area contributed by atoms with Crippen molar-refractivity contribution in [1.29, 1.82) is 0 Å². The molecular weight excluding hydrogens is 532 g/mol. The fourth-order valence-electron chi connectivity index (χ4n) is 7.47. The predicted octanol–water partition coefficient (Wildman–Crippen LogP) is 4.94. The number of hydrogen-bond acceptors (Lipinski definition) is 7. The first-order valence-corrected chi connectivity index (χ1v) is 15.6. The summed E-state index contributed by atoms with van der Waals surface area (Å²) in [6, 6.07) is 6.06. The highest BCUT2D eigenvalue weighted by atomic mass is 16.6. The van der Waals surface area contributed by atoms with E-state index in [4.69, 9.17) is 14.5 Å². The molecule has 2 saturated heterocycles. The second-order valence-electron chi connectivity index (χ2n) is 12.1. The third kappa shape index (κ3) is 4.49. The number of benzene rings is 1. The van der Waals surface area contributed by atoms with E-state index in [9.17, 15) is 14.4 Å². The Morgan fingerprint density at radius 1 is 1.07 bits per heavy atom. The number of hydrogen-bond donors (Lipinski definition) is 0. The SMILES string of the molecule is CCc1c2c(nc3ccc(OC(=O)N4CCC(N5CCCCC5)CC4)cc13)C1=CC3=C(COC(=O)C3CC)CN1C2=O. The van der Waals surface area contributed by atoms with Crippen LogP contribution in [-0.2, 0) is 16.0 Å². The molecule has 5 aliphatic heterocycles. The molecule has 2 aromatic rings. The molecule has 1 aromatic heterocycles. The lowest BCUT2D eigenvalue weighted by molar-refractivity contribution is -0.147. The summed E-state index contributed by atoms with van der Waals surface area (Å²) in [5, 5.41) is 0.821. The molecule has 2 fully saturated rings. The lowest BCUT2D eigenvalue weighted by Gasteiger charge is -2.39. The van der Waals surface area contributed by atoms with E-state index in [1.807, 2.05) is 37.0 Å². The quantitative estimate of drug-likeness (QED) is 0.481. The first-order chi connectivity index (χ1) is 20.5. The van der Waals surface area contributed by atoms with E-state index >= 15 is 0 Å². The van der Waals surface area contributed by atoms with Crippen molar-refractivity contribution in [2.24, 2.45) is 5.92 Å². The van der Waals surface area contributed by atoms with Crippen LogP contribution in [0.5, 0.6) is 5.75 Å². The number of aromatic nitrogens is 1. The van der Waals surface area contributed by atoms with E-state index in [0.717, 1.165) is 46.2 Å². The van der Waals surface area contributed by atoms with Gasteiger partial charge in [-0.3, -0.25) is 9.59 Å².